The summed E-state index contributed by atoms with van der Waals surface area (Å²) in [7, 11) is 0. The standard InChI is InChI=1S/C22H18F2N4O3S/c1-11-4-2-3-5-12(11)10-32-22-27-19-18(21(31)28-22)14(9-17(29)26-19)20(30)25-16-8-13(23)6-7-15(16)24/h2-8,14H,9-10H2,1H3,(H,25,30)(H2,26,27,28,29,31)/t14-/m0/s1. The Morgan fingerprint density at radius 1 is 1.22 bits per heavy atom. The van der Waals surface area contributed by atoms with Crippen LogP contribution in [-0.4, -0.2) is 21.8 Å². The molecule has 0 radical (unpaired) electrons. The molecule has 1 aromatic heterocycles. The van der Waals surface area contributed by atoms with Crippen LogP contribution >= 0.6 is 11.8 Å². The van der Waals surface area contributed by atoms with E-state index in [1.54, 1.807) is 0 Å². The van der Waals surface area contributed by atoms with E-state index in [-0.39, 0.29) is 28.6 Å². The number of hydrogen-bond donors (Lipinski definition) is 3. The normalized spacial score (nSPS) is 15.1. The molecule has 0 bridgehead atoms. The first-order valence-corrected chi connectivity index (χ1v) is 10.7. The van der Waals surface area contributed by atoms with Crippen LogP contribution in [-0.2, 0) is 15.3 Å². The van der Waals surface area contributed by atoms with Crippen LogP contribution in [0.15, 0.2) is 52.4 Å². The molecule has 32 heavy (non-hydrogen) atoms. The molecule has 1 aliphatic heterocycles. The van der Waals surface area contributed by atoms with Gasteiger partial charge in [0.25, 0.3) is 5.56 Å². The number of carbonyl (C=O) groups excluding carboxylic acids is 2. The highest BCUT2D eigenvalue weighted by atomic mass is 32.2. The molecule has 4 rings (SSSR count). The zero-order chi connectivity index (χ0) is 22.8. The van der Waals surface area contributed by atoms with Crippen molar-refractivity contribution in [2.45, 2.75) is 30.2 Å². The summed E-state index contributed by atoms with van der Waals surface area (Å²) < 4.78 is 27.3. The first kappa shape index (κ1) is 21.7. The smallest absolute Gasteiger partial charge is 0.257 e. The summed E-state index contributed by atoms with van der Waals surface area (Å²) >= 11 is 1.28. The van der Waals surface area contributed by atoms with Crippen LogP contribution in [0.2, 0.25) is 0 Å². The highest BCUT2D eigenvalue weighted by molar-refractivity contribution is 7.98. The number of aromatic amines is 1. The number of amides is 2. The third kappa shape index (κ3) is 4.54. The van der Waals surface area contributed by atoms with Crippen LogP contribution in [0.4, 0.5) is 20.3 Å². The van der Waals surface area contributed by atoms with E-state index >= 15 is 0 Å². The molecule has 164 valence electrons. The van der Waals surface area contributed by atoms with E-state index in [4.69, 9.17) is 0 Å². The number of H-pyrrole nitrogens is 1. The third-order valence-corrected chi connectivity index (χ3v) is 5.98. The zero-order valence-corrected chi connectivity index (χ0v) is 17.7. The van der Waals surface area contributed by atoms with Gasteiger partial charge in [-0.2, -0.15) is 0 Å². The molecule has 3 N–H and O–H groups in total. The molecule has 1 aliphatic rings. The van der Waals surface area contributed by atoms with Gasteiger partial charge >= 0.3 is 0 Å². The predicted molar refractivity (Wildman–Crippen MR) is 117 cm³/mol. The minimum absolute atomic E-state index is 0.0165. The van der Waals surface area contributed by atoms with Crippen molar-refractivity contribution in [2.24, 2.45) is 0 Å². The van der Waals surface area contributed by atoms with E-state index in [9.17, 15) is 23.2 Å². The van der Waals surface area contributed by atoms with Crippen molar-refractivity contribution in [3.05, 3.63) is 81.1 Å². The lowest BCUT2D eigenvalue weighted by Crippen LogP contribution is -2.36. The summed E-state index contributed by atoms with van der Waals surface area (Å²) in [5.41, 5.74) is 1.17. The van der Waals surface area contributed by atoms with Gasteiger partial charge in [-0.3, -0.25) is 14.4 Å². The van der Waals surface area contributed by atoms with Crippen molar-refractivity contribution in [3.8, 4) is 0 Å². The summed E-state index contributed by atoms with van der Waals surface area (Å²) in [5.74, 6) is -3.56. The third-order valence-electron chi connectivity index (χ3n) is 5.06. The average molecular weight is 456 g/mol. The quantitative estimate of drug-likeness (QED) is 0.401. The predicted octanol–water partition coefficient (Wildman–Crippen LogP) is 3.71. The zero-order valence-electron chi connectivity index (χ0n) is 16.9. The fourth-order valence-electron chi connectivity index (χ4n) is 3.37. The molecule has 2 amide bonds. The minimum Gasteiger partial charge on any atom is -0.323 e. The molecule has 0 saturated carbocycles. The first-order chi connectivity index (χ1) is 15.3. The van der Waals surface area contributed by atoms with Crippen LogP contribution in [0.3, 0.4) is 0 Å². The average Bonchev–Trinajstić information content (AvgIpc) is 2.75. The van der Waals surface area contributed by atoms with E-state index in [1.807, 2.05) is 31.2 Å². The number of hydrogen-bond acceptors (Lipinski definition) is 5. The highest BCUT2D eigenvalue weighted by Gasteiger charge is 2.35. The summed E-state index contributed by atoms with van der Waals surface area (Å²) in [6, 6.07) is 10.4. The Labute approximate surface area is 185 Å². The van der Waals surface area contributed by atoms with Crippen molar-refractivity contribution in [2.75, 3.05) is 10.6 Å². The van der Waals surface area contributed by atoms with Crippen molar-refractivity contribution in [1.29, 1.82) is 0 Å². The Hall–Kier alpha value is -3.53. The number of rotatable bonds is 5. The number of halogens is 2. The Morgan fingerprint density at radius 2 is 2.00 bits per heavy atom. The molecule has 10 heteroatoms. The highest BCUT2D eigenvalue weighted by Crippen LogP contribution is 2.31. The number of fused-ring (bicyclic) bond motifs is 1. The van der Waals surface area contributed by atoms with E-state index in [0.29, 0.717) is 5.75 Å². The van der Waals surface area contributed by atoms with Crippen molar-refractivity contribution in [3.63, 3.8) is 0 Å². The fourth-order valence-corrected chi connectivity index (χ4v) is 4.31. The molecule has 1 atom stereocenters. The van der Waals surface area contributed by atoms with Crippen LogP contribution in [0.1, 0.15) is 29.0 Å². The van der Waals surface area contributed by atoms with Gasteiger partial charge in [0.2, 0.25) is 11.8 Å². The Morgan fingerprint density at radius 3 is 2.78 bits per heavy atom. The summed E-state index contributed by atoms with van der Waals surface area (Å²) in [6.07, 6.45) is -0.323. The van der Waals surface area contributed by atoms with Crippen LogP contribution in [0, 0.1) is 18.6 Å². The second-order valence-corrected chi connectivity index (χ2v) is 8.23. The molecule has 0 unspecified atom stereocenters. The summed E-state index contributed by atoms with van der Waals surface area (Å²) in [4.78, 5) is 44.7. The van der Waals surface area contributed by atoms with Gasteiger partial charge in [-0.15, -0.1) is 0 Å². The van der Waals surface area contributed by atoms with Gasteiger partial charge in [0.15, 0.2) is 5.16 Å². The lowest BCUT2D eigenvalue weighted by molar-refractivity contribution is -0.123. The number of carbonyl (C=O) groups is 2. The molecule has 0 saturated heterocycles. The van der Waals surface area contributed by atoms with Crippen molar-refractivity contribution >= 4 is 35.1 Å². The van der Waals surface area contributed by atoms with Gasteiger partial charge in [0.05, 0.1) is 17.2 Å². The maximum absolute atomic E-state index is 13.9. The Bertz CT molecular complexity index is 1280. The van der Waals surface area contributed by atoms with E-state index in [1.165, 1.54) is 11.8 Å². The van der Waals surface area contributed by atoms with Crippen LogP contribution in [0.25, 0.3) is 0 Å². The molecule has 0 spiro atoms. The molecule has 0 fully saturated rings. The van der Waals surface area contributed by atoms with E-state index in [0.717, 1.165) is 29.3 Å². The lowest BCUT2D eigenvalue weighted by atomic mass is 9.92. The number of nitrogens with zero attached hydrogens (tertiary/aromatic N) is 1. The Balaban J connectivity index is 1.60. The number of thioether (sulfide) groups is 1. The van der Waals surface area contributed by atoms with Gasteiger partial charge in [-0.1, -0.05) is 36.0 Å². The minimum atomic E-state index is -1.20. The summed E-state index contributed by atoms with van der Waals surface area (Å²) in [5, 5.41) is 5.07. The largest absolute Gasteiger partial charge is 0.323 e. The van der Waals surface area contributed by atoms with E-state index in [2.05, 4.69) is 20.6 Å². The van der Waals surface area contributed by atoms with Crippen LogP contribution in [0.5, 0.6) is 0 Å². The lowest BCUT2D eigenvalue weighted by Gasteiger charge is -2.23. The molecule has 2 aromatic carbocycles. The van der Waals surface area contributed by atoms with Crippen molar-refractivity contribution in [1.82, 2.24) is 9.97 Å². The molecule has 7 nitrogen and oxygen atoms in total. The number of aryl methyl sites for hydroxylation is 1. The van der Waals surface area contributed by atoms with Crippen LogP contribution < -0.4 is 16.2 Å². The van der Waals surface area contributed by atoms with E-state index < -0.39 is 34.9 Å². The molecule has 2 heterocycles. The number of aromatic nitrogens is 2. The topological polar surface area (TPSA) is 104 Å². The van der Waals surface area contributed by atoms with Crippen molar-refractivity contribution < 1.29 is 18.4 Å². The molecular formula is C22H18F2N4O3S. The van der Waals surface area contributed by atoms with Gasteiger partial charge in [0, 0.05) is 18.2 Å². The molecule has 0 aliphatic carbocycles. The van der Waals surface area contributed by atoms with Gasteiger partial charge in [0.1, 0.15) is 17.5 Å². The Kier molecular flexibility index (Phi) is 6.04. The molecule has 3 aromatic rings. The number of benzene rings is 2. The maximum atomic E-state index is 13.9. The second kappa shape index (κ2) is 8.91. The monoisotopic (exact) mass is 456 g/mol. The number of anilines is 2. The van der Waals surface area contributed by atoms with Gasteiger partial charge in [-0.05, 0) is 30.2 Å². The van der Waals surface area contributed by atoms with Gasteiger partial charge < -0.3 is 15.6 Å². The fraction of sp³-hybridized carbons (Fsp3) is 0.182. The maximum Gasteiger partial charge on any atom is 0.257 e. The molecular weight excluding hydrogens is 438 g/mol. The SMILES string of the molecule is Cc1ccccc1CSc1nc2c(c(=O)[nH]1)[C@@H](C(=O)Nc1cc(F)ccc1F)CC(=O)N2. The van der Waals surface area contributed by atoms with Gasteiger partial charge in [-0.25, -0.2) is 13.8 Å². The second-order valence-electron chi connectivity index (χ2n) is 7.27. The summed E-state index contributed by atoms with van der Waals surface area (Å²) in [6.45, 7) is 1.98. The first-order valence-electron chi connectivity index (χ1n) is 9.69. The number of nitrogens with one attached hydrogen (secondary N) is 3.